The molecular weight excluding hydrogens is 210 g/mol. The third-order valence-electron chi connectivity index (χ3n) is 3.21. The molecule has 1 unspecified atom stereocenters. The summed E-state index contributed by atoms with van der Waals surface area (Å²) in [7, 11) is 0. The van der Waals surface area contributed by atoms with E-state index < -0.39 is 0 Å². The van der Waals surface area contributed by atoms with E-state index in [4.69, 9.17) is 16.9 Å². The molecule has 1 aliphatic rings. The van der Waals surface area contributed by atoms with Gasteiger partial charge in [0, 0.05) is 12.5 Å². The number of fused-ring (bicyclic) bond motifs is 1. The maximum Gasteiger partial charge on any atom is 0.119 e. The number of unbranched alkanes of at least 4 members (excludes halogenated alkanes) is 1. The van der Waals surface area contributed by atoms with Gasteiger partial charge in [-0.1, -0.05) is 6.07 Å². The van der Waals surface area contributed by atoms with Crippen LogP contribution in [-0.4, -0.2) is 6.61 Å². The molecule has 1 aromatic rings. The molecule has 90 valence electrons. The van der Waals surface area contributed by atoms with Crippen LogP contribution in [0.25, 0.3) is 0 Å². The monoisotopic (exact) mass is 229 g/mol. The fraction of sp³-hybridized carbons (Fsp3) is 0.467. The number of nitrogens with two attached hydrogens (primary N) is 1. The minimum atomic E-state index is 0.203. The van der Waals surface area contributed by atoms with E-state index in [0.717, 1.165) is 31.4 Å². The lowest BCUT2D eigenvalue weighted by atomic mass is 9.88. The average molecular weight is 229 g/mol. The average Bonchev–Trinajstić information content (AvgIpc) is 2.35. The highest BCUT2D eigenvalue weighted by molar-refractivity contribution is 5.38. The third kappa shape index (κ3) is 3.01. The summed E-state index contributed by atoms with van der Waals surface area (Å²) in [6, 6.07) is 6.45. The molecule has 2 nitrogen and oxygen atoms in total. The molecule has 1 atom stereocenters. The summed E-state index contributed by atoms with van der Waals surface area (Å²) in [6.45, 7) is 0.690. The number of terminal acetylenes is 1. The Labute approximate surface area is 103 Å². The highest BCUT2D eigenvalue weighted by atomic mass is 16.5. The lowest BCUT2D eigenvalue weighted by Crippen LogP contribution is -2.17. The van der Waals surface area contributed by atoms with Gasteiger partial charge >= 0.3 is 0 Å². The first-order chi connectivity index (χ1) is 8.31. The fourth-order valence-electron chi connectivity index (χ4n) is 2.28. The van der Waals surface area contributed by atoms with Crippen molar-refractivity contribution in [1.29, 1.82) is 0 Å². The van der Waals surface area contributed by atoms with Crippen molar-refractivity contribution in [3.63, 3.8) is 0 Å². The van der Waals surface area contributed by atoms with E-state index >= 15 is 0 Å². The zero-order valence-corrected chi connectivity index (χ0v) is 10.1. The van der Waals surface area contributed by atoms with E-state index in [2.05, 4.69) is 18.1 Å². The first kappa shape index (κ1) is 12.0. The molecule has 0 saturated carbocycles. The van der Waals surface area contributed by atoms with Gasteiger partial charge in [-0.25, -0.2) is 0 Å². The van der Waals surface area contributed by atoms with Crippen molar-refractivity contribution in [3.8, 4) is 18.1 Å². The van der Waals surface area contributed by atoms with Crippen LogP contribution in [0.1, 0.15) is 42.9 Å². The molecule has 0 aromatic heterocycles. The highest BCUT2D eigenvalue weighted by Crippen LogP contribution is 2.30. The van der Waals surface area contributed by atoms with Crippen LogP contribution in [0.3, 0.4) is 0 Å². The van der Waals surface area contributed by atoms with Gasteiger partial charge in [0.1, 0.15) is 5.75 Å². The van der Waals surface area contributed by atoms with Crippen LogP contribution in [-0.2, 0) is 6.42 Å². The first-order valence-corrected chi connectivity index (χ1v) is 6.26. The van der Waals surface area contributed by atoms with Crippen LogP contribution in [0.5, 0.6) is 5.75 Å². The van der Waals surface area contributed by atoms with Gasteiger partial charge in [0.15, 0.2) is 0 Å². The van der Waals surface area contributed by atoms with Crippen molar-refractivity contribution in [2.45, 2.75) is 38.1 Å². The van der Waals surface area contributed by atoms with E-state index in [-0.39, 0.29) is 6.04 Å². The Hall–Kier alpha value is -1.46. The summed E-state index contributed by atoms with van der Waals surface area (Å²) in [5, 5.41) is 0. The number of ether oxygens (including phenoxy) is 1. The second-order valence-corrected chi connectivity index (χ2v) is 4.52. The predicted octanol–water partition coefficient (Wildman–Crippen LogP) is 2.81. The smallest absolute Gasteiger partial charge is 0.119 e. The highest BCUT2D eigenvalue weighted by Gasteiger charge is 2.16. The van der Waals surface area contributed by atoms with E-state index in [0.29, 0.717) is 6.61 Å². The molecule has 0 fully saturated rings. The van der Waals surface area contributed by atoms with Gasteiger partial charge in [0.25, 0.3) is 0 Å². The Bertz CT molecular complexity index is 419. The Balaban J connectivity index is 1.99. The molecule has 2 heteroatoms. The molecule has 0 radical (unpaired) electrons. The Morgan fingerprint density at radius 1 is 1.47 bits per heavy atom. The second-order valence-electron chi connectivity index (χ2n) is 4.52. The molecule has 2 N–H and O–H groups in total. The SMILES string of the molecule is C#CCCCOc1ccc2c(c1)CCCC2N. The van der Waals surface area contributed by atoms with E-state index in [1.165, 1.54) is 17.5 Å². The molecule has 2 rings (SSSR count). The van der Waals surface area contributed by atoms with Crippen molar-refractivity contribution in [1.82, 2.24) is 0 Å². The minimum absolute atomic E-state index is 0.203. The molecule has 0 spiro atoms. The molecular formula is C15H19NO. The molecule has 0 heterocycles. The van der Waals surface area contributed by atoms with E-state index in [9.17, 15) is 0 Å². The lowest BCUT2D eigenvalue weighted by molar-refractivity contribution is 0.312. The zero-order chi connectivity index (χ0) is 12.1. The normalized spacial score (nSPS) is 18.2. The summed E-state index contributed by atoms with van der Waals surface area (Å²) in [6.07, 6.45) is 10.3. The minimum Gasteiger partial charge on any atom is -0.494 e. The van der Waals surface area contributed by atoms with E-state index in [1.54, 1.807) is 0 Å². The third-order valence-corrected chi connectivity index (χ3v) is 3.21. The van der Waals surface area contributed by atoms with Crippen LogP contribution in [0.2, 0.25) is 0 Å². The van der Waals surface area contributed by atoms with Crippen molar-refractivity contribution in [2.75, 3.05) is 6.61 Å². The Kier molecular flexibility index (Phi) is 4.06. The largest absolute Gasteiger partial charge is 0.494 e. The maximum atomic E-state index is 6.07. The number of hydrogen-bond donors (Lipinski definition) is 1. The van der Waals surface area contributed by atoms with Crippen molar-refractivity contribution in [3.05, 3.63) is 29.3 Å². The molecule has 1 aliphatic carbocycles. The quantitative estimate of drug-likeness (QED) is 0.636. The summed E-state index contributed by atoms with van der Waals surface area (Å²) >= 11 is 0. The van der Waals surface area contributed by atoms with Crippen LogP contribution in [0.15, 0.2) is 18.2 Å². The molecule has 0 bridgehead atoms. The van der Waals surface area contributed by atoms with Gasteiger partial charge in [0.2, 0.25) is 0 Å². The number of aryl methyl sites for hydroxylation is 1. The zero-order valence-electron chi connectivity index (χ0n) is 10.1. The summed E-state index contributed by atoms with van der Waals surface area (Å²) < 4.78 is 5.67. The van der Waals surface area contributed by atoms with Gasteiger partial charge < -0.3 is 10.5 Å². The van der Waals surface area contributed by atoms with Crippen molar-refractivity contribution < 1.29 is 4.74 Å². The second kappa shape index (κ2) is 5.75. The number of benzene rings is 1. The van der Waals surface area contributed by atoms with Crippen molar-refractivity contribution in [2.24, 2.45) is 5.73 Å². The van der Waals surface area contributed by atoms with Crippen LogP contribution >= 0.6 is 0 Å². The summed E-state index contributed by atoms with van der Waals surface area (Å²) in [4.78, 5) is 0. The molecule has 0 amide bonds. The number of hydrogen-bond acceptors (Lipinski definition) is 2. The van der Waals surface area contributed by atoms with E-state index in [1.807, 2.05) is 6.07 Å². The summed E-state index contributed by atoms with van der Waals surface area (Å²) in [5.74, 6) is 3.55. The Morgan fingerprint density at radius 2 is 2.35 bits per heavy atom. The van der Waals surface area contributed by atoms with Gasteiger partial charge in [-0.3, -0.25) is 0 Å². The van der Waals surface area contributed by atoms with Crippen LogP contribution in [0, 0.1) is 12.3 Å². The van der Waals surface area contributed by atoms with Crippen LogP contribution < -0.4 is 10.5 Å². The molecule has 0 aliphatic heterocycles. The maximum absolute atomic E-state index is 6.07. The van der Waals surface area contributed by atoms with Gasteiger partial charge in [-0.2, -0.15) is 0 Å². The van der Waals surface area contributed by atoms with Crippen molar-refractivity contribution >= 4 is 0 Å². The standard InChI is InChI=1S/C15H19NO/c1-2-3-4-10-17-13-8-9-14-12(11-13)6-5-7-15(14)16/h1,8-9,11,15H,3-7,10,16H2. The molecule has 17 heavy (non-hydrogen) atoms. The van der Waals surface area contributed by atoms with Gasteiger partial charge in [-0.15, -0.1) is 12.3 Å². The van der Waals surface area contributed by atoms with Crippen LogP contribution in [0.4, 0.5) is 0 Å². The predicted molar refractivity (Wildman–Crippen MR) is 69.9 cm³/mol. The van der Waals surface area contributed by atoms with Gasteiger partial charge in [-0.05, 0) is 48.9 Å². The number of rotatable bonds is 4. The Morgan fingerprint density at radius 3 is 3.18 bits per heavy atom. The first-order valence-electron chi connectivity index (χ1n) is 6.26. The van der Waals surface area contributed by atoms with Gasteiger partial charge in [0.05, 0.1) is 6.61 Å². The lowest BCUT2D eigenvalue weighted by Gasteiger charge is -2.22. The molecule has 0 saturated heterocycles. The topological polar surface area (TPSA) is 35.2 Å². The summed E-state index contributed by atoms with van der Waals surface area (Å²) in [5.41, 5.74) is 8.70. The molecule has 1 aromatic carbocycles. The fourth-order valence-corrected chi connectivity index (χ4v) is 2.28.